The summed E-state index contributed by atoms with van der Waals surface area (Å²) in [6.45, 7) is 6.50. The molecule has 1 atom stereocenters. The largest absolute Gasteiger partial charge is 0.496 e. The summed E-state index contributed by atoms with van der Waals surface area (Å²) in [4.78, 5) is 0. The molecule has 2 nitrogen and oxygen atoms in total. The number of para-hydroxylation sites is 1. The van der Waals surface area contributed by atoms with E-state index in [0.717, 1.165) is 29.7 Å². The molecular formula is C14H23NO. The molecule has 1 aromatic carbocycles. The van der Waals surface area contributed by atoms with E-state index in [9.17, 15) is 0 Å². The van der Waals surface area contributed by atoms with Gasteiger partial charge in [0.25, 0.3) is 0 Å². The molecule has 0 amide bonds. The van der Waals surface area contributed by atoms with Crippen molar-refractivity contribution in [3.8, 4) is 5.75 Å². The first-order valence-electron chi connectivity index (χ1n) is 5.95. The molecule has 90 valence electrons. The van der Waals surface area contributed by atoms with E-state index in [4.69, 9.17) is 10.5 Å². The first-order valence-corrected chi connectivity index (χ1v) is 5.95. The van der Waals surface area contributed by atoms with E-state index in [1.807, 2.05) is 6.07 Å². The first-order chi connectivity index (χ1) is 7.56. The van der Waals surface area contributed by atoms with Gasteiger partial charge in [0, 0.05) is 11.6 Å². The van der Waals surface area contributed by atoms with Gasteiger partial charge in [0.05, 0.1) is 7.11 Å². The lowest BCUT2D eigenvalue weighted by Gasteiger charge is -2.18. The molecule has 1 unspecified atom stereocenters. The molecule has 0 saturated heterocycles. The number of ether oxygens (including phenoxy) is 1. The van der Waals surface area contributed by atoms with Crippen LogP contribution in [0.4, 0.5) is 0 Å². The third-order valence-electron chi connectivity index (χ3n) is 2.90. The standard InChI is InChI=1S/C14H23NO/c1-10(2)8-9-13(15)12-7-5-6-11(3)14(12)16-4/h5-7,10,13H,8-9,15H2,1-4H3. The topological polar surface area (TPSA) is 35.2 Å². The molecule has 0 heterocycles. The van der Waals surface area contributed by atoms with Gasteiger partial charge in [-0.2, -0.15) is 0 Å². The molecule has 0 fully saturated rings. The molecule has 0 spiro atoms. The second kappa shape index (κ2) is 5.90. The van der Waals surface area contributed by atoms with Crippen molar-refractivity contribution in [2.75, 3.05) is 7.11 Å². The van der Waals surface area contributed by atoms with Crippen molar-refractivity contribution in [2.24, 2.45) is 11.7 Å². The van der Waals surface area contributed by atoms with Crippen LogP contribution in [-0.4, -0.2) is 7.11 Å². The Morgan fingerprint density at radius 3 is 2.50 bits per heavy atom. The Hall–Kier alpha value is -1.02. The number of methoxy groups -OCH3 is 1. The zero-order chi connectivity index (χ0) is 12.1. The van der Waals surface area contributed by atoms with Crippen molar-refractivity contribution in [3.63, 3.8) is 0 Å². The highest BCUT2D eigenvalue weighted by molar-refractivity contribution is 5.42. The second-order valence-corrected chi connectivity index (χ2v) is 4.78. The molecule has 2 heteroatoms. The van der Waals surface area contributed by atoms with Gasteiger partial charge >= 0.3 is 0 Å². The van der Waals surface area contributed by atoms with Gasteiger partial charge in [-0.25, -0.2) is 0 Å². The van der Waals surface area contributed by atoms with Crippen LogP contribution >= 0.6 is 0 Å². The molecule has 0 aliphatic carbocycles. The number of nitrogens with two attached hydrogens (primary N) is 1. The van der Waals surface area contributed by atoms with E-state index >= 15 is 0 Å². The normalized spacial score (nSPS) is 12.9. The van der Waals surface area contributed by atoms with Gasteiger partial charge in [-0.15, -0.1) is 0 Å². The molecule has 0 radical (unpaired) electrons. The van der Waals surface area contributed by atoms with Gasteiger partial charge in [-0.3, -0.25) is 0 Å². The Bertz CT molecular complexity index is 334. The Morgan fingerprint density at radius 1 is 1.25 bits per heavy atom. The lowest BCUT2D eigenvalue weighted by molar-refractivity contribution is 0.398. The summed E-state index contributed by atoms with van der Waals surface area (Å²) in [7, 11) is 1.71. The lowest BCUT2D eigenvalue weighted by Crippen LogP contribution is -2.13. The zero-order valence-electron chi connectivity index (χ0n) is 10.8. The van der Waals surface area contributed by atoms with E-state index in [1.165, 1.54) is 0 Å². The predicted octanol–water partition coefficient (Wildman–Crippen LogP) is 3.44. The third kappa shape index (κ3) is 3.24. The Kier molecular flexibility index (Phi) is 4.81. The minimum Gasteiger partial charge on any atom is -0.496 e. The van der Waals surface area contributed by atoms with Crippen LogP contribution in [0.3, 0.4) is 0 Å². The molecule has 1 rings (SSSR count). The zero-order valence-corrected chi connectivity index (χ0v) is 10.8. The number of rotatable bonds is 5. The molecule has 16 heavy (non-hydrogen) atoms. The molecule has 0 aliphatic rings. The van der Waals surface area contributed by atoms with E-state index in [0.29, 0.717) is 5.92 Å². The van der Waals surface area contributed by atoms with Crippen LogP contribution < -0.4 is 10.5 Å². The number of hydrogen-bond donors (Lipinski definition) is 1. The molecular weight excluding hydrogens is 198 g/mol. The Balaban J connectivity index is 2.82. The average molecular weight is 221 g/mol. The SMILES string of the molecule is COc1c(C)cccc1C(N)CCC(C)C. The van der Waals surface area contributed by atoms with Crippen LogP contribution in [0.5, 0.6) is 5.75 Å². The van der Waals surface area contributed by atoms with Crippen molar-refractivity contribution in [1.29, 1.82) is 0 Å². The number of aryl methyl sites for hydroxylation is 1. The van der Waals surface area contributed by atoms with Gasteiger partial charge in [-0.05, 0) is 31.2 Å². The van der Waals surface area contributed by atoms with Crippen molar-refractivity contribution in [1.82, 2.24) is 0 Å². The maximum Gasteiger partial charge on any atom is 0.126 e. The second-order valence-electron chi connectivity index (χ2n) is 4.78. The van der Waals surface area contributed by atoms with E-state index in [2.05, 4.69) is 32.9 Å². The molecule has 2 N–H and O–H groups in total. The van der Waals surface area contributed by atoms with Gasteiger partial charge in [0.1, 0.15) is 5.75 Å². The van der Waals surface area contributed by atoms with Crippen molar-refractivity contribution in [3.05, 3.63) is 29.3 Å². The smallest absolute Gasteiger partial charge is 0.126 e. The van der Waals surface area contributed by atoms with Crippen LogP contribution in [-0.2, 0) is 0 Å². The van der Waals surface area contributed by atoms with Crippen molar-refractivity contribution in [2.45, 2.75) is 39.7 Å². The van der Waals surface area contributed by atoms with Gasteiger partial charge in [0.2, 0.25) is 0 Å². The highest BCUT2D eigenvalue weighted by Crippen LogP contribution is 2.30. The van der Waals surface area contributed by atoms with Crippen LogP contribution in [0.25, 0.3) is 0 Å². The summed E-state index contributed by atoms with van der Waals surface area (Å²) in [5.41, 5.74) is 8.49. The highest BCUT2D eigenvalue weighted by Gasteiger charge is 2.13. The first kappa shape index (κ1) is 13.0. The van der Waals surface area contributed by atoms with E-state index < -0.39 is 0 Å². The van der Waals surface area contributed by atoms with E-state index in [-0.39, 0.29) is 6.04 Å². The average Bonchev–Trinajstić information content (AvgIpc) is 2.25. The quantitative estimate of drug-likeness (QED) is 0.826. The summed E-state index contributed by atoms with van der Waals surface area (Å²) < 4.78 is 5.42. The fourth-order valence-corrected chi connectivity index (χ4v) is 1.91. The molecule has 0 aromatic heterocycles. The van der Waals surface area contributed by atoms with Gasteiger partial charge < -0.3 is 10.5 Å². The highest BCUT2D eigenvalue weighted by atomic mass is 16.5. The summed E-state index contributed by atoms with van der Waals surface area (Å²) in [6.07, 6.45) is 2.16. The van der Waals surface area contributed by atoms with Crippen LogP contribution in [0.15, 0.2) is 18.2 Å². The number of hydrogen-bond acceptors (Lipinski definition) is 2. The molecule has 0 aliphatic heterocycles. The Labute approximate surface area is 98.8 Å². The monoisotopic (exact) mass is 221 g/mol. The van der Waals surface area contributed by atoms with Crippen LogP contribution in [0, 0.1) is 12.8 Å². The van der Waals surface area contributed by atoms with E-state index in [1.54, 1.807) is 7.11 Å². The fourth-order valence-electron chi connectivity index (χ4n) is 1.91. The lowest BCUT2D eigenvalue weighted by atomic mass is 9.96. The van der Waals surface area contributed by atoms with Crippen LogP contribution in [0.1, 0.15) is 43.9 Å². The Morgan fingerprint density at radius 2 is 1.94 bits per heavy atom. The summed E-state index contributed by atoms with van der Waals surface area (Å²) >= 11 is 0. The summed E-state index contributed by atoms with van der Waals surface area (Å²) in [5.74, 6) is 1.64. The van der Waals surface area contributed by atoms with Crippen molar-refractivity contribution >= 4 is 0 Å². The molecule has 0 bridgehead atoms. The molecule has 0 saturated carbocycles. The fraction of sp³-hybridized carbons (Fsp3) is 0.571. The third-order valence-corrected chi connectivity index (χ3v) is 2.90. The van der Waals surface area contributed by atoms with Gasteiger partial charge in [-0.1, -0.05) is 32.0 Å². The minimum absolute atomic E-state index is 0.0808. The molecule has 1 aromatic rings. The van der Waals surface area contributed by atoms with Gasteiger partial charge in [0.15, 0.2) is 0 Å². The summed E-state index contributed by atoms with van der Waals surface area (Å²) in [6, 6.07) is 6.24. The van der Waals surface area contributed by atoms with Crippen molar-refractivity contribution < 1.29 is 4.74 Å². The maximum absolute atomic E-state index is 6.21. The maximum atomic E-state index is 6.21. The summed E-state index contributed by atoms with van der Waals surface area (Å²) in [5, 5.41) is 0. The van der Waals surface area contributed by atoms with Crippen LogP contribution in [0.2, 0.25) is 0 Å². The minimum atomic E-state index is 0.0808. The predicted molar refractivity (Wildman–Crippen MR) is 68.7 cm³/mol. The number of benzene rings is 1.